The number of nitrogens with one attached hydrogen (secondary N) is 1. The molecule has 1 N–H and O–H groups in total. The number of hydrogen-bond donors (Lipinski definition) is 1. The molecule has 4 aromatic rings. The van der Waals surface area contributed by atoms with Crippen molar-refractivity contribution in [2.75, 3.05) is 0 Å². The van der Waals surface area contributed by atoms with Gasteiger partial charge in [0.25, 0.3) is 15.6 Å². The van der Waals surface area contributed by atoms with Gasteiger partial charge in [-0.3, -0.25) is 4.79 Å². The lowest BCUT2D eigenvalue weighted by Gasteiger charge is -2.16. The number of rotatable bonds is 10. The average molecular weight is 553 g/mol. The lowest BCUT2D eigenvalue weighted by molar-refractivity contribution is 0.571. The van der Waals surface area contributed by atoms with Crippen molar-refractivity contribution in [3.63, 3.8) is 0 Å². The molecule has 7 nitrogen and oxygen atoms in total. The van der Waals surface area contributed by atoms with Gasteiger partial charge in [0.15, 0.2) is 0 Å². The second-order valence-electron chi connectivity index (χ2n) is 9.59. The van der Waals surface area contributed by atoms with E-state index in [9.17, 15) is 21.6 Å². The van der Waals surface area contributed by atoms with Crippen LogP contribution in [-0.4, -0.2) is 26.7 Å². The van der Waals surface area contributed by atoms with E-state index in [0.29, 0.717) is 23.1 Å². The molecule has 0 aliphatic carbocycles. The molecule has 0 aliphatic rings. The number of aryl methyl sites for hydroxylation is 1. The van der Waals surface area contributed by atoms with Crippen LogP contribution in [-0.2, 0) is 33.0 Å². The Morgan fingerprint density at radius 1 is 0.868 bits per heavy atom. The summed E-state index contributed by atoms with van der Waals surface area (Å²) in [4.78, 5) is 13.2. The van der Waals surface area contributed by atoms with Crippen molar-refractivity contribution in [1.82, 2.24) is 8.69 Å². The van der Waals surface area contributed by atoms with Crippen LogP contribution in [0.1, 0.15) is 44.9 Å². The van der Waals surface area contributed by atoms with E-state index >= 15 is 0 Å². The molecule has 0 unspecified atom stereocenters. The average Bonchev–Trinajstić information content (AvgIpc) is 2.89. The zero-order valence-electron chi connectivity index (χ0n) is 21.7. The molecule has 3 aromatic carbocycles. The highest BCUT2D eigenvalue weighted by molar-refractivity contribution is 8.05. The van der Waals surface area contributed by atoms with E-state index in [1.165, 1.54) is 19.9 Å². The van der Waals surface area contributed by atoms with Crippen molar-refractivity contribution >= 4 is 30.8 Å². The van der Waals surface area contributed by atoms with E-state index in [4.69, 9.17) is 0 Å². The number of nitrogens with zero attached hydrogens (tertiary/aromatic N) is 1. The third-order valence-corrected chi connectivity index (χ3v) is 10.5. The van der Waals surface area contributed by atoms with Crippen LogP contribution in [0.4, 0.5) is 0 Å². The Labute approximate surface area is 224 Å². The van der Waals surface area contributed by atoms with Crippen LogP contribution in [0, 0.1) is 0 Å². The Bertz CT molecular complexity index is 1720. The lowest BCUT2D eigenvalue weighted by Crippen LogP contribution is -2.36. The van der Waals surface area contributed by atoms with Gasteiger partial charge in [0.1, 0.15) is 0 Å². The zero-order valence-corrected chi connectivity index (χ0v) is 23.3. The molecule has 1 heterocycles. The molecule has 1 aromatic heterocycles. The van der Waals surface area contributed by atoms with Gasteiger partial charge in [-0.2, -0.15) is 0 Å². The molecule has 200 valence electrons. The first-order valence-corrected chi connectivity index (χ1v) is 15.6. The fraction of sp³-hybridized carbons (Fsp3) is 0.276. The molecule has 0 atom stereocenters. The van der Waals surface area contributed by atoms with Gasteiger partial charge >= 0.3 is 0 Å². The van der Waals surface area contributed by atoms with Crippen LogP contribution in [0.3, 0.4) is 0 Å². The van der Waals surface area contributed by atoms with Gasteiger partial charge < -0.3 is 4.57 Å². The highest BCUT2D eigenvalue weighted by Crippen LogP contribution is 2.28. The van der Waals surface area contributed by atoms with Crippen LogP contribution >= 0.6 is 0 Å². The number of hydrogen-bond acceptors (Lipinski definition) is 5. The SMILES string of the molecule is CCCCc1cc2ccccc2c(=O)n1Cc1ccc(-c2ccccc2S(=O)(=O)NS(=O)(=O)C(C)C)cc1. The standard InChI is InChI=1S/C29H32N2O5S2/c1-4-5-11-25-19-24-10-6-7-13-27(24)29(32)31(25)20-22-15-17-23(18-16-22)26-12-8-9-14-28(26)38(35,36)30-37(33,34)21(2)3/h6-10,12-19,21,30H,4-5,11,20H2,1-3H3. The minimum atomic E-state index is -4.32. The van der Waals surface area contributed by atoms with Gasteiger partial charge in [-0.05, 0) is 61.4 Å². The Hall–Kier alpha value is -3.27. The van der Waals surface area contributed by atoms with Gasteiger partial charge in [0.2, 0.25) is 10.0 Å². The summed E-state index contributed by atoms with van der Waals surface area (Å²) in [7, 11) is -8.37. The molecule has 0 radical (unpaired) electrons. The molecular formula is C29H32N2O5S2. The first-order valence-electron chi connectivity index (χ1n) is 12.6. The fourth-order valence-corrected chi connectivity index (χ4v) is 7.38. The largest absolute Gasteiger partial charge is 0.308 e. The summed E-state index contributed by atoms with van der Waals surface area (Å²) < 4.78 is 54.2. The highest BCUT2D eigenvalue weighted by atomic mass is 32.3. The molecule has 0 saturated heterocycles. The second-order valence-corrected chi connectivity index (χ2v) is 13.7. The van der Waals surface area contributed by atoms with Crippen molar-refractivity contribution in [2.24, 2.45) is 0 Å². The summed E-state index contributed by atoms with van der Waals surface area (Å²) in [6.07, 6.45) is 2.79. The summed E-state index contributed by atoms with van der Waals surface area (Å²) in [5.74, 6) is 0. The highest BCUT2D eigenvalue weighted by Gasteiger charge is 2.27. The quantitative estimate of drug-likeness (QED) is 0.296. The second kappa shape index (κ2) is 11.2. The van der Waals surface area contributed by atoms with Gasteiger partial charge in [0.05, 0.1) is 16.7 Å². The summed E-state index contributed by atoms with van der Waals surface area (Å²) >= 11 is 0. The summed E-state index contributed by atoms with van der Waals surface area (Å²) in [5, 5.41) is 0.706. The van der Waals surface area contributed by atoms with Gasteiger partial charge in [-0.25, -0.2) is 16.8 Å². The van der Waals surface area contributed by atoms with Crippen LogP contribution in [0.5, 0.6) is 0 Å². The van der Waals surface area contributed by atoms with Crippen LogP contribution < -0.4 is 9.69 Å². The monoisotopic (exact) mass is 552 g/mol. The lowest BCUT2D eigenvalue weighted by atomic mass is 10.0. The van der Waals surface area contributed by atoms with E-state index in [1.54, 1.807) is 30.3 Å². The number of pyridine rings is 1. The molecule has 9 heteroatoms. The van der Waals surface area contributed by atoms with E-state index in [1.807, 2.05) is 45.1 Å². The third-order valence-electron chi connectivity index (χ3n) is 6.52. The Morgan fingerprint density at radius 3 is 2.21 bits per heavy atom. The number of fused-ring (bicyclic) bond motifs is 1. The molecular weight excluding hydrogens is 520 g/mol. The molecule has 0 spiro atoms. The van der Waals surface area contributed by atoms with Crippen molar-refractivity contribution in [3.8, 4) is 11.1 Å². The van der Waals surface area contributed by atoms with Gasteiger partial charge in [-0.1, -0.05) is 74.0 Å². The molecule has 0 saturated carbocycles. The van der Waals surface area contributed by atoms with Crippen molar-refractivity contribution in [1.29, 1.82) is 0 Å². The van der Waals surface area contributed by atoms with E-state index < -0.39 is 25.3 Å². The van der Waals surface area contributed by atoms with E-state index in [-0.39, 0.29) is 10.5 Å². The maximum Gasteiger partial charge on any atom is 0.258 e. The van der Waals surface area contributed by atoms with Gasteiger partial charge in [0, 0.05) is 16.6 Å². The first kappa shape index (κ1) is 27.8. The Kier molecular flexibility index (Phi) is 8.20. The summed E-state index contributed by atoms with van der Waals surface area (Å²) in [5.41, 5.74) is 2.84. The number of unbranched alkanes of at least 4 members (excludes halogenated alkanes) is 1. The smallest absolute Gasteiger partial charge is 0.258 e. The normalized spacial score (nSPS) is 12.3. The minimum absolute atomic E-state index is 0.0350. The molecule has 0 amide bonds. The Morgan fingerprint density at radius 2 is 1.53 bits per heavy atom. The predicted molar refractivity (Wildman–Crippen MR) is 152 cm³/mol. The predicted octanol–water partition coefficient (Wildman–Crippen LogP) is 5.08. The van der Waals surface area contributed by atoms with E-state index in [0.717, 1.165) is 35.9 Å². The minimum Gasteiger partial charge on any atom is -0.308 e. The topological polar surface area (TPSA) is 102 Å². The third kappa shape index (κ3) is 5.90. The number of benzene rings is 3. The maximum atomic E-state index is 13.4. The molecule has 38 heavy (non-hydrogen) atoms. The van der Waals surface area contributed by atoms with Crippen molar-refractivity contribution in [3.05, 3.63) is 100 Å². The fourth-order valence-electron chi connectivity index (χ4n) is 4.30. The van der Waals surface area contributed by atoms with E-state index in [2.05, 4.69) is 13.0 Å². The molecule has 0 fully saturated rings. The molecule has 0 bridgehead atoms. The number of sulfonamides is 2. The zero-order chi connectivity index (χ0) is 27.5. The van der Waals surface area contributed by atoms with Crippen molar-refractivity contribution < 1.29 is 16.8 Å². The van der Waals surface area contributed by atoms with Crippen LogP contribution in [0.15, 0.2) is 88.6 Å². The van der Waals surface area contributed by atoms with Crippen LogP contribution in [0.25, 0.3) is 21.9 Å². The summed E-state index contributed by atoms with van der Waals surface area (Å²) in [6.45, 7) is 5.33. The Balaban J connectivity index is 1.69. The summed E-state index contributed by atoms with van der Waals surface area (Å²) in [6, 6.07) is 23.3. The maximum absolute atomic E-state index is 13.4. The van der Waals surface area contributed by atoms with Gasteiger partial charge in [-0.15, -0.1) is 4.13 Å². The molecule has 4 rings (SSSR count). The number of aromatic nitrogens is 1. The molecule has 0 aliphatic heterocycles. The van der Waals surface area contributed by atoms with Crippen molar-refractivity contribution in [2.45, 2.75) is 56.7 Å². The van der Waals surface area contributed by atoms with Crippen LogP contribution in [0.2, 0.25) is 0 Å². The first-order chi connectivity index (χ1) is 18.0.